The Hall–Kier alpha value is -3.45. The fraction of sp³-hybridized carbons (Fsp3) is 0.250. The second-order valence-corrected chi connectivity index (χ2v) is 7.61. The first kappa shape index (κ1) is 20.8. The summed E-state index contributed by atoms with van der Waals surface area (Å²) in [7, 11) is 0. The number of carbonyl (C=O) groups is 2. The van der Waals surface area contributed by atoms with Crippen LogP contribution >= 0.6 is 0 Å². The van der Waals surface area contributed by atoms with Crippen molar-refractivity contribution >= 4 is 28.4 Å². The number of carboxylic acid groups (broad SMARTS) is 1. The van der Waals surface area contributed by atoms with Crippen molar-refractivity contribution < 1.29 is 19.1 Å². The number of nitrogens with zero attached hydrogens (tertiary/aromatic N) is 1. The second kappa shape index (κ2) is 8.35. The maximum Gasteiger partial charge on any atom is 0.353 e. The Bertz CT molecular complexity index is 1230. The molecule has 2 aromatic carbocycles. The Kier molecular flexibility index (Phi) is 5.61. The average molecular weight is 421 g/mol. The van der Waals surface area contributed by atoms with Crippen LogP contribution in [0.25, 0.3) is 16.5 Å². The van der Waals surface area contributed by atoms with E-state index in [0.29, 0.717) is 40.6 Å². The molecule has 1 aliphatic heterocycles. The Morgan fingerprint density at radius 2 is 2.00 bits per heavy atom. The van der Waals surface area contributed by atoms with Gasteiger partial charge in [0, 0.05) is 40.7 Å². The SMILES string of the molecule is CCc1ccc2c(c1)c(C1=CCCNC1=O)c(C(=O)O)n2Cc1cc(CN)ccc1F. The summed E-state index contributed by atoms with van der Waals surface area (Å²) in [5, 5.41) is 13.6. The van der Waals surface area contributed by atoms with E-state index in [1.807, 2.05) is 25.1 Å². The lowest BCUT2D eigenvalue weighted by molar-refractivity contribution is -0.115. The van der Waals surface area contributed by atoms with Gasteiger partial charge in [-0.15, -0.1) is 0 Å². The van der Waals surface area contributed by atoms with Gasteiger partial charge in [0.25, 0.3) is 5.91 Å². The van der Waals surface area contributed by atoms with Gasteiger partial charge in [0.1, 0.15) is 11.5 Å². The van der Waals surface area contributed by atoms with Gasteiger partial charge in [-0.1, -0.05) is 25.1 Å². The molecule has 0 saturated heterocycles. The lowest BCUT2D eigenvalue weighted by atomic mass is 9.97. The monoisotopic (exact) mass is 421 g/mol. The maximum atomic E-state index is 14.6. The summed E-state index contributed by atoms with van der Waals surface area (Å²) in [5.41, 5.74) is 9.17. The fourth-order valence-corrected chi connectivity index (χ4v) is 4.13. The van der Waals surface area contributed by atoms with Crippen LogP contribution in [0.5, 0.6) is 0 Å². The second-order valence-electron chi connectivity index (χ2n) is 7.61. The number of nitrogens with two attached hydrogens (primary N) is 1. The largest absolute Gasteiger partial charge is 0.477 e. The predicted octanol–water partition coefficient (Wildman–Crippen LogP) is 3.45. The lowest BCUT2D eigenvalue weighted by Crippen LogP contribution is -2.29. The molecular formula is C24H24FN3O3. The number of rotatable bonds is 6. The molecular weight excluding hydrogens is 397 g/mol. The third-order valence-corrected chi connectivity index (χ3v) is 5.71. The molecule has 7 heteroatoms. The van der Waals surface area contributed by atoms with E-state index >= 15 is 0 Å². The van der Waals surface area contributed by atoms with E-state index in [2.05, 4.69) is 5.32 Å². The number of benzene rings is 2. The number of aromatic carboxylic acids is 1. The number of aromatic nitrogens is 1. The Morgan fingerprint density at radius 1 is 1.23 bits per heavy atom. The summed E-state index contributed by atoms with van der Waals surface area (Å²) in [5.74, 6) is -1.90. The molecule has 1 amide bonds. The highest BCUT2D eigenvalue weighted by Gasteiger charge is 2.29. The topological polar surface area (TPSA) is 97.4 Å². The molecule has 0 radical (unpaired) electrons. The third kappa shape index (κ3) is 3.72. The molecule has 0 fully saturated rings. The van der Waals surface area contributed by atoms with Crippen LogP contribution in [0.15, 0.2) is 42.5 Å². The first-order chi connectivity index (χ1) is 14.9. The van der Waals surface area contributed by atoms with Gasteiger partial charge in [-0.05, 0) is 48.2 Å². The van der Waals surface area contributed by atoms with Crippen LogP contribution in [-0.4, -0.2) is 28.1 Å². The maximum absolute atomic E-state index is 14.6. The average Bonchev–Trinajstić information content (AvgIpc) is 3.09. The molecule has 4 rings (SSSR count). The van der Waals surface area contributed by atoms with Crippen molar-refractivity contribution in [3.63, 3.8) is 0 Å². The number of aryl methyl sites for hydroxylation is 1. The first-order valence-corrected chi connectivity index (χ1v) is 10.3. The first-order valence-electron chi connectivity index (χ1n) is 10.3. The highest BCUT2D eigenvalue weighted by atomic mass is 19.1. The molecule has 4 N–H and O–H groups in total. The van der Waals surface area contributed by atoms with Gasteiger partial charge in [0.2, 0.25) is 0 Å². The van der Waals surface area contributed by atoms with Crippen LogP contribution in [0.1, 0.15) is 46.1 Å². The summed E-state index contributed by atoms with van der Waals surface area (Å²) in [6, 6.07) is 10.3. The molecule has 0 saturated carbocycles. The van der Waals surface area contributed by atoms with Gasteiger partial charge in [-0.3, -0.25) is 4.79 Å². The van der Waals surface area contributed by atoms with Crippen LogP contribution in [0.2, 0.25) is 0 Å². The van der Waals surface area contributed by atoms with E-state index in [4.69, 9.17) is 5.73 Å². The van der Waals surface area contributed by atoms with Crippen LogP contribution in [0, 0.1) is 5.82 Å². The number of halogens is 1. The van der Waals surface area contributed by atoms with Crippen molar-refractivity contribution in [3.8, 4) is 0 Å². The fourth-order valence-electron chi connectivity index (χ4n) is 4.13. The number of hydrogen-bond acceptors (Lipinski definition) is 3. The number of carbonyl (C=O) groups excluding carboxylic acids is 1. The van der Waals surface area contributed by atoms with Crippen molar-refractivity contribution in [1.82, 2.24) is 9.88 Å². The van der Waals surface area contributed by atoms with Gasteiger partial charge in [-0.2, -0.15) is 0 Å². The molecule has 3 aromatic rings. The van der Waals surface area contributed by atoms with E-state index in [1.54, 1.807) is 22.8 Å². The number of fused-ring (bicyclic) bond motifs is 1. The molecule has 0 atom stereocenters. The Labute approximate surface area is 179 Å². The minimum absolute atomic E-state index is 0.0121. The van der Waals surface area contributed by atoms with E-state index in [-0.39, 0.29) is 24.7 Å². The van der Waals surface area contributed by atoms with Crippen LogP contribution in [0.4, 0.5) is 4.39 Å². The van der Waals surface area contributed by atoms with E-state index in [9.17, 15) is 19.1 Å². The molecule has 1 aromatic heterocycles. The minimum Gasteiger partial charge on any atom is -0.477 e. The molecule has 1 aliphatic rings. The van der Waals surface area contributed by atoms with Crippen molar-refractivity contribution in [2.75, 3.05) is 6.54 Å². The van der Waals surface area contributed by atoms with Gasteiger partial charge >= 0.3 is 5.97 Å². The standard InChI is InChI=1S/C24H24FN3O3/c1-2-14-6-8-20-18(11-14)21(17-4-3-9-27-23(17)29)22(24(30)31)28(20)13-16-10-15(12-26)5-7-19(16)25/h4-8,10-11H,2-3,9,12-13,26H2,1H3,(H,27,29)(H,30,31). The van der Waals surface area contributed by atoms with Crippen molar-refractivity contribution in [1.29, 1.82) is 0 Å². The van der Waals surface area contributed by atoms with Crippen LogP contribution in [-0.2, 0) is 24.3 Å². The number of carboxylic acids is 1. The molecule has 31 heavy (non-hydrogen) atoms. The van der Waals surface area contributed by atoms with E-state index < -0.39 is 11.8 Å². The minimum atomic E-state index is -1.17. The zero-order valence-corrected chi connectivity index (χ0v) is 17.2. The van der Waals surface area contributed by atoms with Crippen molar-refractivity contribution in [2.24, 2.45) is 5.73 Å². The summed E-state index contributed by atoms with van der Waals surface area (Å²) in [4.78, 5) is 25.0. The lowest BCUT2D eigenvalue weighted by Gasteiger charge is -2.15. The molecule has 160 valence electrons. The molecule has 0 bridgehead atoms. The zero-order chi connectivity index (χ0) is 22.1. The highest BCUT2D eigenvalue weighted by Crippen LogP contribution is 2.35. The van der Waals surface area contributed by atoms with Gasteiger partial charge in [-0.25, -0.2) is 9.18 Å². The third-order valence-electron chi connectivity index (χ3n) is 5.71. The molecule has 0 aliphatic carbocycles. The van der Waals surface area contributed by atoms with Crippen LogP contribution < -0.4 is 11.1 Å². The number of amides is 1. The Morgan fingerprint density at radius 3 is 2.68 bits per heavy atom. The summed E-state index contributed by atoms with van der Waals surface area (Å²) < 4.78 is 16.2. The molecule has 0 spiro atoms. The molecule has 0 unspecified atom stereocenters. The molecule has 6 nitrogen and oxygen atoms in total. The van der Waals surface area contributed by atoms with Crippen molar-refractivity contribution in [3.05, 3.63) is 76.2 Å². The summed E-state index contributed by atoms with van der Waals surface area (Å²) >= 11 is 0. The highest BCUT2D eigenvalue weighted by molar-refractivity contribution is 6.25. The predicted molar refractivity (Wildman–Crippen MR) is 117 cm³/mol. The van der Waals surface area contributed by atoms with Gasteiger partial charge in [0.05, 0.1) is 6.54 Å². The number of nitrogens with one attached hydrogen (secondary N) is 1. The van der Waals surface area contributed by atoms with Crippen LogP contribution in [0.3, 0.4) is 0 Å². The van der Waals surface area contributed by atoms with Gasteiger partial charge < -0.3 is 20.7 Å². The van der Waals surface area contributed by atoms with E-state index in [0.717, 1.165) is 17.5 Å². The number of hydrogen-bond donors (Lipinski definition) is 3. The summed E-state index contributed by atoms with van der Waals surface area (Å²) in [6.45, 7) is 2.79. The zero-order valence-electron chi connectivity index (χ0n) is 17.2. The Balaban J connectivity index is 2.01. The normalized spacial score (nSPS) is 13.9. The van der Waals surface area contributed by atoms with Gasteiger partial charge in [0.15, 0.2) is 0 Å². The quantitative estimate of drug-likeness (QED) is 0.568. The smallest absolute Gasteiger partial charge is 0.353 e. The van der Waals surface area contributed by atoms with Crippen molar-refractivity contribution in [2.45, 2.75) is 32.9 Å². The molecule has 2 heterocycles. The summed E-state index contributed by atoms with van der Waals surface area (Å²) in [6.07, 6.45) is 3.16. The van der Waals surface area contributed by atoms with E-state index in [1.165, 1.54) is 6.07 Å².